The van der Waals surface area contributed by atoms with Crippen LogP contribution in [0.1, 0.15) is 90.9 Å². The standard InChI is InChI=1S/C37H43BrN2S/c1-3-5-7-9-10-12-16-26(15-11-8-6-4-2)25-40-36-30-20-14-18-28-22-21-27-17-13-19-29(33(27)34(28)30)35(36)39-37(40)31-23-24-32(38)41-31/h13-14,17-24,26H,3-12,15-16,25H2,1-2H3. The third kappa shape index (κ3) is 5.92. The molecular weight excluding hydrogens is 584 g/mol. The number of fused-ring (bicyclic) bond motifs is 3. The fourth-order valence-corrected chi connectivity index (χ4v) is 8.31. The molecule has 6 aromatic rings. The molecule has 214 valence electrons. The fourth-order valence-electron chi connectivity index (χ4n) is 6.92. The van der Waals surface area contributed by atoms with Crippen LogP contribution in [0.2, 0.25) is 0 Å². The summed E-state index contributed by atoms with van der Waals surface area (Å²) in [6, 6.07) is 22.6. The van der Waals surface area contributed by atoms with Crippen molar-refractivity contribution in [2.45, 2.75) is 97.4 Å². The lowest BCUT2D eigenvalue weighted by Crippen LogP contribution is -2.12. The molecule has 2 heterocycles. The minimum atomic E-state index is 0.672. The first-order chi connectivity index (χ1) is 20.2. The summed E-state index contributed by atoms with van der Waals surface area (Å²) in [7, 11) is 0. The number of halogens is 1. The summed E-state index contributed by atoms with van der Waals surface area (Å²) >= 11 is 5.54. The third-order valence-corrected chi connectivity index (χ3v) is 10.6. The lowest BCUT2D eigenvalue weighted by Gasteiger charge is -2.21. The van der Waals surface area contributed by atoms with Crippen LogP contribution in [0.15, 0.2) is 64.5 Å². The van der Waals surface area contributed by atoms with Crippen molar-refractivity contribution in [3.05, 3.63) is 64.5 Å². The summed E-state index contributed by atoms with van der Waals surface area (Å²) < 4.78 is 3.79. The molecule has 0 saturated carbocycles. The van der Waals surface area contributed by atoms with Gasteiger partial charge in [-0.1, -0.05) is 127 Å². The van der Waals surface area contributed by atoms with Crippen molar-refractivity contribution in [1.29, 1.82) is 0 Å². The zero-order valence-electron chi connectivity index (χ0n) is 24.7. The summed E-state index contributed by atoms with van der Waals surface area (Å²) in [5, 5.41) is 8.01. The molecule has 0 fully saturated rings. The minimum Gasteiger partial charge on any atom is -0.322 e. The van der Waals surface area contributed by atoms with E-state index >= 15 is 0 Å². The third-order valence-electron chi connectivity index (χ3n) is 9.03. The second kappa shape index (κ2) is 13.3. The maximum Gasteiger partial charge on any atom is 0.151 e. The average molecular weight is 628 g/mol. The topological polar surface area (TPSA) is 17.8 Å². The van der Waals surface area contributed by atoms with Crippen LogP contribution in [0.3, 0.4) is 0 Å². The summed E-state index contributed by atoms with van der Waals surface area (Å²) in [5.74, 6) is 1.81. The van der Waals surface area contributed by atoms with Gasteiger partial charge in [-0.25, -0.2) is 4.98 Å². The maximum absolute atomic E-state index is 5.49. The highest BCUT2D eigenvalue weighted by Gasteiger charge is 2.23. The summed E-state index contributed by atoms with van der Waals surface area (Å²) in [6.07, 6.45) is 16.1. The van der Waals surface area contributed by atoms with Gasteiger partial charge in [0.1, 0.15) is 0 Å². The Morgan fingerprint density at radius 1 is 0.707 bits per heavy atom. The van der Waals surface area contributed by atoms with Gasteiger partial charge in [-0.15, -0.1) is 11.3 Å². The van der Waals surface area contributed by atoms with Gasteiger partial charge < -0.3 is 4.57 Å². The Morgan fingerprint density at radius 3 is 1.98 bits per heavy atom. The van der Waals surface area contributed by atoms with E-state index in [4.69, 9.17) is 4.98 Å². The molecule has 2 nitrogen and oxygen atoms in total. The monoisotopic (exact) mass is 626 g/mol. The summed E-state index contributed by atoms with van der Waals surface area (Å²) in [4.78, 5) is 6.74. The van der Waals surface area contributed by atoms with E-state index in [1.165, 1.54) is 120 Å². The van der Waals surface area contributed by atoms with E-state index in [9.17, 15) is 0 Å². The van der Waals surface area contributed by atoms with Crippen molar-refractivity contribution in [2.24, 2.45) is 5.92 Å². The van der Waals surface area contributed by atoms with Gasteiger partial charge >= 0.3 is 0 Å². The highest BCUT2D eigenvalue weighted by Crippen LogP contribution is 2.43. The molecular formula is C37H43BrN2S. The van der Waals surface area contributed by atoms with Crippen molar-refractivity contribution in [3.63, 3.8) is 0 Å². The van der Waals surface area contributed by atoms with E-state index < -0.39 is 0 Å². The molecule has 0 aliphatic rings. The highest BCUT2D eigenvalue weighted by atomic mass is 79.9. The molecule has 0 radical (unpaired) electrons. The molecule has 2 aromatic heterocycles. The van der Waals surface area contributed by atoms with Crippen LogP contribution >= 0.6 is 27.3 Å². The average Bonchev–Trinajstić information content (AvgIpc) is 3.59. The van der Waals surface area contributed by atoms with Crippen molar-refractivity contribution < 1.29 is 0 Å². The van der Waals surface area contributed by atoms with E-state index in [0.29, 0.717) is 5.92 Å². The van der Waals surface area contributed by atoms with E-state index in [2.05, 4.69) is 95.0 Å². The molecule has 0 spiro atoms. The van der Waals surface area contributed by atoms with Crippen LogP contribution in [-0.4, -0.2) is 9.55 Å². The Kier molecular flexibility index (Phi) is 9.27. The van der Waals surface area contributed by atoms with Crippen LogP contribution < -0.4 is 0 Å². The first-order valence-electron chi connectivity index (χ1n) is 16.0. The number of hydrogen-bond donors (Lipinski definition) is 0. The Labute approximate surface area is 257 Å². The summed E-state index contributed by atoms with van der Waals surface area (Å²) in [6.45, 7) is 5.67. The Hall–Kier alpha value is -2.43. The van der Waals surface area contributed by atoms with Crippen molar-refractivity contribution in [3.8, 4) is 10.7 Å². The van der Waals surface area contributed by atoms with Crippen LogP contribution in [0.25, 0.3) is 54.1 Å². The predicted molar refractivity (Wildman–Crippen MR) is 185 cm³/mol. The normalized spacial score (nSPS) is 13.0. The molecule has 6 rings (SSSR count). The van der Waals surface area contributed by atoms with Gasteiger partial charge in [0, 0.05) is 17.3 Å². The van der Waals surface area contributed by atoms with Crippen molar-refractivity contribution in [2.75, 3.05) is 0 Å². The number of nitrogens with zero attached hydrogens (tertiary/aromatic N) is 2. The van der Waals surface area contributed by atoms with Gasteiger partial charge in [-0.2, -0.15) is 0 Å². The first kappa shape index (κ1) is 28.7. The van der Waals surface area contributed by atoms with Gasteiger partial charge in [0.2, 0.25) is 0 Å². The van der Waals surface area contributed by atoms with E-state index in [-0.39, 0.29) is 0 Å². The molecule has 4 aromatic carbocycles. The van der Waals surface area contributed by atoms with Gasteiger partial charge in [0.05, 0.1) is 19.7 Å². The number of benzene rings is 4. The van der Waals surface area contributed by atoms with Crippen molar-refractivity contribution in [1.82, 2.24) is 9.55 Å². The van der Waals surface area contributed by atoms with E-state index in [1.54, 1.807) is 11.3 Å². The second-order valence-electron chi connectivity index (χ2n) is 12.0. The van der Waals surface area contributed by atoms with E-state index in [1.807, 2.05) is 0 Å². The van der Waals surface area contributed by atoms with Crippen LogP contribution in [0, 0.1) is 5.92 Å². The first-order valence-corrected chi connectivity index (χ1v) is 17.6. The molecule has 41 heavy (non-hydrogen) atoms. The highest BCUT2D eigenvalue weighted by molar-refractivity contribution is 9.11. The number of aromatic nitrogens is 2. The second-order valence-corrected chi connectivity index (χ2v) is 14.5. The van der Waals surface area contributed by atoms with Crippen LogP contribution in [0.4, 0.5) is 0 Å². The van der Waals surface area contributed by atoms with Gasteiger partial charge in [0.15, 0.2) is 5.82 Å². The van der Waals surface area contributed by atoms with Crippen molar-refractivity contribution >= 4 is 70.6 Å². The molecule has 1 atom stereocenters. The molecule has 0 saturated heterocycles. The van der Waals surface area contributed by atoms with Gasteiger partial charge in [0.25, 0.3) is 0 Å². The lowest BCUT2D eigenvalue weighted by atomic mass is 9.92. The Balaban J connectivity index is 1.47. The van der Waals surface area contributed by atoms with Crippen LogP contribution in [0.5, 0.6) is 0 Å². The molecule has 0 aliphatic heterocycles. The fraction of sp³-hybridized carbons (Fsp3) is 0.432. The zero-order valence-corrected chi connectivity index (χ0v) is 27.1. The Morgan fingerprint density at radius 2 is 1.32 bits per heavy atom. The Bertz CT molecular complexity index is 1730. The smallest absolute Gasteiger partial charge is 0.151 e. The predicted octanol–water partition coefficient (Wildman–Crippen LogP) is 12.8. The van der Waals surface area contributed by atoms with Crippen LogP contribution in [-0.2, 0) is 6.54 Å². The number of imidazole rings is 1. The SMILES string of the molecule is CCCCCCCCC(CCCCCC)Cn1c(-c2ccc(Br)s2)nc2c3cccc4ccc5cccc(c5c43)c21. The molecule has 0 N–H and O–H groups in total. The number of thiophene rings is 1. The molecule has 1 unspecified atom stereocenters. The van der Waals surface area contributed by atoms with Gasteiger partial charge in [-0.3, -0.25) is 0 Å². The molecule has 0 aliphatic carbocycles. The van der Waals surface area contributed by atoms with Gasteiger partial charge in [-0.05, 0) is 68.4 Å². The quantitative estimate of drug-likeness (QED) is 0.0818. The summed E-state index contributed by atoms with van der Waals surface area (Å²) in [5.41, 5.74) is 2.48. The minimum absolute atomic E-state index is 0.672. The molecule has 4 heteroatoms. The molecule has 0 bridgehead atoms. The largest absolute Gasteiger partial charge is 0.322 e. The van der Waals surface area contributed by atoms with E-state index in [0.717, 1.165) is 21.7 Å². The number of rotatable bonds is 15. The maximum atomic E-state index is 5.49. The number of hydrogen-bond acceptors (Lipinski definition) is 2. The molecule has 0 amide bonds. The zero-order chi connectivity index (χ0) is 28.2. The number of unbranched alkanes of at least 4 members (excludes halogenated alkanes) is 8. The lowest BCUT2D eigenvalue weighted by molar-refractivity contribution is 0.363.